The van der Waals surface area contributed by atoms with Crippen LogP contribution in [0.4, 0.5) is 5.82 Å². The lowest BCUT2D eigenvalue weighted by atomic mass is 9.99. The molecule has 0 radical (unpaired) electrons. The van der Waals surface area contributed by atoms with E-state index in [1.165, 1.54) is 12.8 Å². The standard InChI is InChI=1S/C34H33ClN4O3/c1-22(23-6-10-26(35)11-7-23)36-33-19-29(34(40)39-16-4-5-27(39)20-38-14-2-3-15-38)28-17-24(8-12-30(28)37-33)25-9-13-31-32(18-25)42-21-41-31/h6-13,17-20,22H,2-5,14-16,21H2,1H3,(H,36,37)/b27-20+/t22-/m0/s1. The Hall–Kier alpha value is -4.23. The Morgan fingerprint density at radius 2 is 1.69 bits per heavy atom. The number of aromatic nitrogens is 1. The number of benzene rings is 3. The normalized spacial score (nSPS) is 17.8. The lowest BCUT2D eigenvalue weighted by molar-refractivity contribution is 0.0825. The van der Waals surface area contributed by atoms with Crippen molar-refractivity contribution in [1.82, 2.24) is 14.8 Å². The lowest BCUT2D eigenvalue weighted by Gasteiger charge is -2.23. The number of amides is 1. The van der Waals surface area contributed by atoms with Crippen LogP contribution in [0.25, 0.3) is 22.0 Å². The minimum absolute atomic E-state index is 0.00961. The van der Waals surface area contributed by atoms with Crippen LogP contribution < -0.4 is 14.8 Å². The van der Waals surface area contributed by atoms with Crippen molar-refractivity contribution in [2.75, 3.05) is 31.7 Å². The molecule has 0 spiro atoms. The minimum Gasteiger partial charge on any atom is -0.454 e. The molecule has 3 aromatic carbocycles. The van der Waals surface area contributed by atoms with Crippen LogP contribution in [0.15, 0.2) is 78.6 Å². The molecule has 0 bridgehead atoms. The molecular formula is C34H33ClN4O3. The van der Waals surface area contributed by atoms with E-state index in [1.807, 2.05) is 65.6 Å². The summed E-state index contributed by atoms with van der Waals surface area (Å²) in [5.41, 5.74) is 5.57. The number of carbonyl (C=O) groups excluding carboxylic acids is 1. The fourth-order valence-electron chi connectivity index (χ4n) is 6.08. The first-order valence-electron chi connectivity index (χ1n) is 14.7. The highest BCUT2D eigenvalue weighted by Gasteiger charge is 2.28. The molecule has 1 amide bonds. The first-order valence-corrected chi connectivity index (χ1v) is 15.0. The third-order valence-electron chi connectivity index (χ3n) is 8.36. The number of nitrogens with zero attached hydrogens (tertiary/aromatic N) is 3. The predicted molar refractivity (Wildman–Crippen MR) is 166 cm³/mol. The number of hydrogen-bond donors (Lipinski definition) is 1. The molecule has 2 saturated heterocycles. The number of anilines is 1. The van der Waals surface area contributed by atoms with Crippen LogP contribution >= 0.6 is 11.6 Å². The van der Waals surface area contributed by atoms with Crippen molar-refractivity contribution in [1.29, 1.82) is 0 Å². The summed E-state index contributed by atoms with van der Waals surface area (Å²) in [5.74, 6) is 2.14. The maximum atomic E-state index is 14.4. The van der Waals surface area contributed by atoms with Crippen LogP contribution in [0.3, 0.4) is 0 Å². The zero-order valence-electron chi connectivity index (χ0n) is 23.6. The number of allylic oxidation sites excluding steroid dienone is 1. The van der Waals surface area contributed by atoms with Gasteiger partial charge in [0.05, 0.1) is 11.1 Å². The van der Waals surface area contributed by atoms with Gasteiger partial charge < -0.3 is 24.6 Å². The summed E-state index contributed by atoms with van der Waals surface area (Å²) in [6.45, 7) is 5.13. The molecule has 4 aromatic rings. The van der Waals surface area contributed by atoms with Crippen LogP contribution in [-0.2, 0) is 0 Å². The van der Waals surface area contributed by atoms with E-state index in [2.05, 4.69) is 29.4 Å². The first-order chi connectivity index (χ1) is 20.5. The molecule has 1 N–H and O–H groups in total. The van der Waals surface area contributed by atoms with E-state index >= 15 is 0 Å². The molecule has 0 aliphatic carbocycles. The molecule has 7 rings (SSSR count). The fraction of sp³-hybridized carbons (Fsp3) is 0.294. The summed E-state index contributed by atoms with van der Waals surface area (Å²) in [6.07, 6.45) is 6.50. The number of ether oxygens (including phenoxy) is 2. The second kappa shape index (κ2) is 11.2. The number of hydrogen-bond acceptors (Lipinski definition) is 6. The topological polar surface area (TPSA) is 66.9 Å². The Balaban J connectivity index is 1.29. The summed E-state index contributed by atoms with van der Waals surface area (Å²) in [7, 11) is 0. The molecule has 4 heterocycles. The monoisotopic (exact) mass is 580 g/mol. The number of pyridine rings is 1. The largest absolute Gasteiger partial charge is 0.454 e. The van der Waals surface area contributed by atoms with Crippen LogP contribution in [0.2, 0.25) is 5.02 Å². The van der Waals surface area contributed by atoms with E-state index < -0.39 is 0 Å². The van der Waals surface area contributed by atoms with Gasteiger partial charge in [0.1, 0.15) is 5.82 Å². The Morgan fingerprint density at radius 1 is 0.929 bits per heavy atom. The maximum absolute atomic E-state index is 14.4. The molecular weight excluding hydrogens is 548 g/mol. The van der Waals surface area contributed by atoms with Crippen LogP contribution in [0, 0.1) is 0 Å². The van der Waals surface area contributed by atoms with E-state index in [0.717, 1.165) is 70.7 Å². The summed E-state index contributed by atoms with van der Waals surface area (Å²) in [5, 5.41) is 5.05. The van der Waals surface area contributed by atoms with Crippen molar-refractivity contribution in [3.63, 3.8) is 0 Å². The Morgan fingerprint density at radius 3 is 2.52 bits per heavy atom. The fourth-order valence-corrected chi connectivity index (χ4v) is 6.20. The van der Waals surface area contributed by atoms with Gasteiger partial charge >= 0.3 is 0 Å². The average molecular weight is 581 g/mol. The number of likely N-dealkylation sites (tertiary alicyclic amines) is 2. The van der Waals surface area contributed by atoms with Gasteiger partial charge in [0, 0.05) is 48.0 Å². The molecule has 3 aliphatic rings. The zero-order valence-corrected chi connectivity index (χ0v) is 24.4. The van der Waals surface area contributed by atoms with Crippen molar-refractivity contribution in [2.45, 2.75) is 38.6 Å². The molecule has 2 fully saturated rings. The second-order valence-electron chi connectivity index (χ2n) is 11.2. The van der Waals surface area contributed by atoms with Crippen LogP contribution in [0.5, 0.6) is 11.5 Å². The highest BCUT2D eigenvalue weighted by atomic mass is 35.5. The smallest absolute Gasteiger partial charge is 0.258 e. The number of carbonyl (C=O) groups is 1. The summed E-state index contributed by atoms with van der Waals surface area (Å²) < 4.78 is 11.1. The second-order valence-corrected chi connectivity index (χ2v) is 11.6. The Bertz CT molecular complexity index is 1680. The highest BCUT2D eigenvalue weighted by Crippen LogP contribution is 2.37. The van der Waals surface area contributed by atoms with Crippen molar-refractivity contribution in [3.05, 3.63) is 94.8 Å². The molecule has 42 heavy (non-hydrogen) atoms. The molecule has 3 aliphatic heterocycles. The van der Waals surface area contributed by atoms with Gasteiger partial charge in [-0.2, -0.15) is 0 Å². The molecule has 214 valence electrons. The van der Waals surface area contributed by atoms with Crippen molar-refractivity contribution in [2.24, 2.45) is 0 Å². The Labute approximate surface area is 250 Å². The highest BCUT2D eigenvalue weighted by molar-refractivity contribution is 6.30. The molecule has 8 heteroatoms. The van der Waals surface area contributed by atoms with E-state index in [9.17, 15) is 4.79 Å². The van der Waals surface area contributed by atoms with Crippen molar-refractivity contribution in [3.8, 4) is 22.6 Å². The van der Waals surface area contributed by atoms with Crippen LogP contribution in [0.1, 0.15) is 54.6 Å². The number of rotatable bonds is 6. The van der Waals surface area contributed by atoms with Gasteiger partial charge in [-0.3, -0.25) is 4.79 Å². The first kappa shape index (κ1) is 26.7. The van der Waals surface area contributed by atoms with Crippen LogP contribution in [-0.4, -0.2) is 47.1 Å². The maximum Gasteiger partial charge on any atom is 0.258 e. The average Bonchev–Trinajstić information content (AvgIpc) is 3.79. The molecule has 7 nitrogen and oxygen atoms in total. The molecule has 1 aromatic heterocycles. The summed E-state index contributed by atoms with van der Waals surface area (Å²) in [6, 6.07) is 21.7. The van der Waals surface area contributed by atoms with Gasteiger partial charge in [0.2, 0.25) is 6.79 Å². The van der Waals surface area contributed by atoms with Gasteiger partial charge in [-0.15, -0.1) is 0 Å². The van der Waals surface area contributed by atoms with E-state index in [1.54, 1.807) is 0 Å². The van der Waals surface area contributed by atoms with Gasteiger partial charge in [-0.1, -0.05) is 35.9 Å². The van der Waals surface area contributed by atoms with E-state index in [0.29, 0.717) is 22.9 Å². The molecule has 0 unspecified atom stereocenters. The SMILES string of the molecule is C[C@H](Nc1cc(C(=O)N2CCC/C2=C\N2CCCC2)c2cc(-c3ccc4c(c3)OCO4)ccc2n1)c1ccc(Cl)cc1. The van der Waals surface area contributed by atoms with Crippen molar-refractivity contribution >= 4 is 34.2 Å². The summed E-state index contributed by atoms with van der Waals surface area (Å²) >= 11 is 6.11. The predicted octanol–water partition coefficient (Wildman–Crippen LogP) is 7.63. The number of nitrogens with one attached hydrogen (secondary N) is 1. The zero-order chi connectivity index (χ0) is 28.6. The van der Waals surface area contributed by atoms with Gasteiger partial charge in [-0.25, -0.2) is 4.98 Å². The van der Waals surface area contributed by atoms with Crippen molar-refractivity contribution < 1.29 is 14.3 Å². The number of halogens is 1. The lowest BCUT2D eigenvalue weighted by Crippen LogP contribution is -2.28. The van der Waals surface area contributed by atoms with Gasteiger partial charge in [0.15, 0.2) is 11.5 Å². The quantitative estimate of drug-likeness (QED) is 0.253. The third kappa shape index (κ3) is 5.25. The summed E-state index contributed by atoms with van der Waals surface area (Å²) in [4.78, 5) is 23.6. The minimum atomic E-state index is -0.0273. The van der Waals surface area contributed by atoms with E-state index in [4.69, 9.17) is 26.1 Å². The van der Waals surface area contributed by atoms with E-state index in [-0.39, 0.29) is 18.7 Å². The van der Waals surface area contributed by atoms with Gasteiger partial charge in [0.25, 0.3) is 5.91 Å². The molecule has 0 saturated carbocycles. The molecule has 1 atom stereocenters. The van der Waals surface area contributed by atoms with Gasteiger partial charge in [-0.05, 0) is 91.8 Å². The Kier molecular flexibility index (Phi) is 7.12. The number of fused-ring (bicyclic) bond motifs is 2. The third-order valence-corrected chi connectivity index (χ3v) is 8.61.